The average molecular weight is 376 g/mol. The second kappa shape index (κ2) is 8.28. The number of ether oxygens (including phenoxy) is 2. The van der Waals surface area contributed by atoms with Crippen molar-refractivity contribution >= 4 is 23.5 Å². The molecule has 1 unspecified atom stereocenters. The van der Waals surface area contributed by atoms with Gasteiger partial charge in [-0.15, -0.1) is 0 Å². The van der Waals surface area contributed by atoms with Crippen LogP contribution in [0.2, 0.25) is 0 Å². The van der Waals surface area contributed by atoms with Gasteiger partial charge in [0.1, 0.15) is 19.3 Å². The third kappa shape index (κ3) is 4.32. The Morgan fingerprint density at radius 3 is 2.74 bits per heavy atom. The summed E-state index contributed by atoms with van der Waals surface area (Å²) in [5.74, 6) is -0.991. The summed E-state index contributed by atoms with van der Waals surface area (Å²) < 4.78 is 11.0. The molecule has 0 bridgehead atoms. The van der Waals surface area contributed by atoms with Crippen LogP contribution < -0.4 is 19.7 Å². The number of unbranched alkanes of at least 4 members (excludes halogenated alkanes) is 1. The molecule has 0 aromatic heterocycles. The highest BCUT2D eigenvalue weighted by Gasteiger charge is 2.36. The van der Waals surface area contributed by atoms with Gasteiger partial charge in [0, 0.05) is 24.7 Å². The summed E-state index contributed by atoms with van der Waals surface area (Å²) in [6.45, 7) is 3.11. The number of nitrogens with one attached hydrogen (secondary N) is 1. The second-order valence-electron chi connectivity index (χ2n) is 6.77. The third-order valence-electron chi connectivity index (χ3n) is 4.79. The van der Waals surface area contributed by atoms with E-state index in [9.17, 15) is 19.5 Å². The molecule has 8 heteroatoms. The highest BCUT2D eigenvalue weighted by molar-refractivity contribution is 6.01. The van der Waals surface area contributed by atoms with Gasteiger partial charge in [0.2, 0.25) is 11.8 Å². The van der Waals surface area contributed by atoms with E-state index >= 15 is 0 Å². The number of hydrogen-bond donors (Lipinski definition) is 2. The molecule has 1 aromatic rings. The first-order valence-electron chi connectivity index (χ1n) is 9.22. The summed E-state index contributed by atoms with van der Waals surface area (Å²) in [6, 6.07) is 4.31. The molecule has 2 atom stereocenters. The van der Waals surface area contributed by atoms with Crippen molar-refractivity contribution in [2.24, 2.45) is 5.92 Å². The summed E-state index contributed by atoms with van der Waals surface area (Å²) >= 11 is 0. The van der Waals surface area contributed by atoms with Crippen molar-refractivity contribution in [1.29, 1.82) is 0 Å². The van der Waals surface area contributed by atoms with Crippen molar-refractivity contribution in [2.45, 2.75) is 38.6 Å². The van der Waals surface area contributed by atoms with Crippen molar-refractivity contribution in [3.63, 3.8) is 0 Å². The average Bonchev–Trinajstić information content (AvgIpc) is 3.06. The Labute approximate surface area is 157 Å². The van der Waals surface area contributed by atoms with E-state index in [-0.39, 0.29) is 18.9 Å². The number of rotatable bonds is 7. The Morgan fingerprint density at radius 2 is 2.04 bits per heavy atom. The van der Waals surface area contributed by atoms with Crippen molar-refractivity contribution in [2.75, 3.05) is 24.7 Å². The molecule has 8 nitrogen and oxygen atoms in total. The van der Waals surface area contributed by atoms with E-state index in [1.54, 1.807) is 18.2 Å². The van der Waals surface area contributed by atoms with Crippen LogP contribution in [-0.2, 0) is 14.4 Å². The molecular weight excluding hydrogens is 352 g/mol. The number of amides is 2. The number of carboxylic acid groups (broad SMARTS) is 1. The first-order valence-corrected chi connectivity index (χ1v) is 9.22. The van der Waals surface area contributed by atoms with Gasteiger partial charge in [-0.2, -0.15) is 0 Å². The molecule has 1 saturated heterocycles. The molecule has 2 aliphatic heterocycles. The summed E-state index contributed by atoms with van der Waals surface area (Å²) in [6.07, 6.45) is 1.99. The van der Waals surface area contributed by atoms with Gasteiger partial charge < -0.3 is 24.8 Å². The van der Waals surface area contributed by atoms with Crippen LogP contribution in [0.25, 0.3) is 0 Å². The van der Waals surface area contributed by atoms with Crippen molar-refractivity contribution < 1.29 is 29.0 Å². The van der Waals surface area contributed by atoms with Crippen molar-refractivity contribution in [3.8, 4) is 11.5 Å². The molecule has 146 valence electrons. The summed E-state index contributed by atoms with van der Waals surface area (Å²) in [7, 11) is 0. The molecular formula is C19H24N2O6. The van der Waals surface area contributed by atoms with Gasteiger partial charge in [-0.25, -0.2) is 4.79 Å². The van der Waals surface area contributed by atoms with E-state index in [4.69, 9.17) is 9.47 Å². The largest absolute Gasteiger partial charge is 0.486 e. The van der Waals surface area contributed by atoms with Crippen molar-refractivity contribution in [3.05, 3.63) is 18.2 Å². The van der Waals surface area contributed by atoms with Crippen LogP contribution in [0.5, 0.6) is 11.5 Å². The Morgan fingerprint density at radius 1 is 1.30 bits per heavy atom. The molecule has 2 amide bonds. The molecule has 0 spiro atoms. The van der Waals surface area contributed by atoms with Crippen LogP contribution in [0.1, 0.15) is 32.6 Å². The summed E-state index contributed by atoms with van der Waals surface area (Å²) in [5, 5.41) is 11.8. The first-order chi connectivity index (χ1) is 13.0. The van der Waals surface area contributed by atoms with Crippen LogP contribution in [0.3, 0.4) is 0 Å². The lowest BCUT2D eigenvalue weighted by atomic mass is 10.1. The molecule has 0 aliphatic carbocycles. The van der Waals surface area contributed by atoms with E-state index < -0.39 is 23.8 Å². The Kier molecular flexibility index (Phi) is 5.83. The molecule has 3 rings (SSSR count). The molecule has 0 radical (unpaired) electrons. The zero-order chi connectivity index (χ0) is 19.4. The molecule has 0 saturated carbocycles. The Balaban J connectivity index is 1.66. The van der Waals surface area contributed by atoms with Gasteiger partial charge >= 0.3 is 5.97 Å². The van der Waals surface area contributed by atoms with Crippen LogP contribution in [0, 0.1) is 5.92 Å². The number of fused-ring (bicyclic) bond motifs is 1. The van der Waals surface area contributed by atoms with Gasteiger partial charge in [-0.3, -0.25) is 9.59 Å². The van der Waals surface area contributed by atoms with E-state index in [0.717, 1.165) is 6.42 Å². The lowest BCUT2D eigenvalue weighted by Crippen LogP contribution is -2.44. The SMILES string of the molecule is CCCC[C@H](NC(=O)C1CC(=O)N(c2ccc3c(c2)OCCO3)C1)C(=O)O. The predicted molar refractivity (Wildman–Crippen MR) is 97.0 cm³/mol. The highest BCUT2D eigenvalue weighted by Crippen LogP contribution is 2.36. The van der Waals surface area contributed by atoms with E-state index in [2.05, 4.69) is 5.32 Å². The quantitative estimate of drug-likeness (QED) is 0.748. The number of carbonyl (C=O) groups excluding carboxylic acids is 2. The van der Waals surface area contributed by atoms with Gasteiger partial charge in [0.15, 0.2) is 11.5 Å². The molecule has 1 fully saturated rings. The van der Waals surface area contributed by atoms with Crippen molar-refractivity contribution in [1.82, 2.24) is 5.32 Å². The highest BCUT2D eigenvalue weighted by atomic mass is 16.6. The number of carbonyl (C=O) groups is 3. The van der Waals surface area contributed by atoms with E-state index in [1.165, 1.54) is 4.90 Å². The lowest BCUT2D eigenvalue weighted by Gasteiger charge is -2.22. The predicted octanol–water partition coefficient (Wildman–Crippen LogP) is 1.57. The maximum absolute atomic E-state index is 12.5. The van der Waals surface area contributed by atoms with Crippen LogP contribution in [-0.4, -0.2) is 48.7 Å². The number of carboxylic acids is 1. The van der Waals surface area contributed by atoms with Crippen LogP contribution >= 0.6 is 0 Å². The monoisotopic (exact) mass is 376 g/mol. The third-order valence-corrected chi connectivity index (χ3v) is 4.79. The molecule has 27 heavy (non-hydrogen) atoms. The minimum atomic E-state index is -1.05. The maximum Gasteiger partial charge on any atom is 0.326 e. The van der Waals surface area contributed by atoms with Crippen LogP contribution in [0.15, 0.2) is 18.2 Å². The minimum Gasteiger partial charge on any atom is -0.486 e. The van der Waals surface area contributed by atoms with Gasteiger partial charge in [-0.1, -0.05) is 19.8 Å². The zero-order valence-corrected chi connectivity index (χ0v) is 15.3. The minimum absolute atomic E-state index is 0.0559. The maximum atomic E-state index is 12.5. The fourth-order valence-corrected chi connectivity index (χ4v) is 3.29. The second-order valence-corrected chi connectivity index (χ2v) is 6.77. The molecule has 1 aromatic carbocycles. The number of nitrogens with zero attached hydrogens (tertiary/aromatic N) is 1. The number of anilines is 1. The Bertz CT molecular complexity index is 735. The summed E-state index contributed by atoms with van der Waals surface area (Å²) in [4.78, 5) is 37.7. The molecule has 2 N–H and O–H groups in total. The van der Waals surface area contributed by atoms with Gasteiger partial charge in [0.25, 0.3) is 0 Å². The first kappa shape index (κ1) is 19.0. The van der Waals surface area contributed by atoms with Gasteiger partial charge in [0.05, 0.1) is 5.92 Å². The number of benzene rings is 1. The molecule has 2 aliphatic rings. The lowest BCUT2D eigenvalue weighted by molar-refractivity contribution is -0.142. The normalized spacial score (nSPS) is 19.7. The molecule has 2 heterocycles. The number of aliphatic carboxylic acids is 1. The zero-order valence-electron chi connectivity index (χ0n) is 15.3. The fraction of sp³-hybridized carbons (Fsp3) is 0.526. The Hall–Kier alpha value is -2.77. The van der Waals surface area contributed by atoms with E-state index in [0.29, 0.717) is 43.2 Å². The topological polar surface area (TPSA) is 105 Å². The van der Waals surface area contributed by atoms with E-state index in [1.807, 2.05) is 6.92 Å². The smallest absolute Gasteiger partial charge is 0.326 e. The van der Waals surface area contributed by atoms with Crippen LogP contribution in [0.4, 0.5) is 5.69 Å². The summed E-state index contributed by atoms with van der Waals surface area (Å²) in [5.41, 5.74) is 0.639. The number of hydrogen-bond acceptors (Lipinski definition) is 5. The standard InChI is InChI=1S/C19H24N2O6/c1-2-3-4-14(19(24)25)20-18(23)12-9-17(22)21(11-12)13-5-6-15-16(10-13)27-8-7-26-15/h5-6,10,12,14H,2-4,7-9,11H2,1H3,(H,20,23)(H,24,25)/t12?,14-/m0/s1. The van der Waals surface area contributed by atoms with Gasteiger partial charge in [-0.05, 0) is 18.6 Å². The fourth-order valence-electron chi connectivity index (χ4n) is 3.29.